The summed E-state index contributed by atoms with van der Waals surface area (Å²) in [6, 6.07) is 0.261. The van der Waals surface area contributed by atoms with E-state index in [2.05, 4.69) is 19.2 Å². The number of nitrogens with zero attached hydrogens (tertiary/aromatic N) is 2. The lowest BCUT2D eigenvalue weighted by molar-refractivity contribution is -0.137. The second kappa shape index (κ2) is 9.48. The first-order valence-corrected chi connectivity index (χ1v) is 8.79. The molecule has 0 bridgehead atoms. The van der Waals surface area contributed by atoms with Crippen molar-refractivity contribution in [3.63, 3.8) is 0 Å². The summed E-state index contributed by atoms with van der Waals surface area (Å²) < 4.78 is 0. The molecule has 2 fully saturated rings. The molecular formula is C17H32ClN3O2. The molecule has 23 heavy (non-hydrogen) atoms. The van der Waals surface area contributed by atoms with Crippen LogP contribution in [0.5, 0.6) is 0 Å². The highest BCUT2D eigenvalue weighted by atomic mass is 35.5. The van der Waals surface area contributed by atoms with Crippen LogP contribution in [-0.4, -0.2) is 60.9 Å². The van der Waals surface area contributed by atoms with Crippen LogP contribution in [0.15, 0.2) is 0 Å². The molecule has 0 aromatic carbocycles. The molecular weight excluding hydrogens is 314 g/mol. The van der Waals surface area contributed by atoms with Gasteiger partial charge in [0, 0.05) is 32.1 Å². The molecule has 0 spiro atoms. The fourth-order valence-corrected chi connectivity index (χ4v) is 3.80. The third kappa shape index (κ3) is 5.08. The summed E-state index contributed by atoms with van der Waals surface area (Å²) in [6.45, 7) is 7.58. The van der Waals surface area contributed by atoms with Crippen molar-refractivity contribution < 1.29 is 9.59 Å². The average Bonchev–Trinajstić information content (AvgIpc) is 2.90. The lowest BCUT2D eigenvalue weighted by Crippen LogP contribution is -2.44. The van der Waals surface area contributed by atoms with Gasteiger partial charge in [-0.1, -0.05) is 13.3 Å². The summed E-state index contributed by atoms with van der Waals surface area (Å²) in [5.74, 6) is 0.916. The molecule has 2 heterocycles. The van der Waals surface area contributed by atoms with E-state index in [1.54, 1.807) is 0 Å². The summed E-state index contributed by atoms with van der Waals surface area (Å²) in [4.78, 5) is 28.7. The third-order valence-electron chi connectivity index (χ3n) is 5.17. The van der Waals surface area contributed by atoms with E-state index >= 15 is 0 Å². The Kier molecular flexibility index (Phi) is 8.34. The van der Waals surface area contributed by atoms with Gasteiger partial charge in [0.05, 0.1) is 5.92 Å². The van der Waals surface area contributed by atoms with Gasteiger partial charge in [-0.05, 0) is 45.7 Å². The third-order valence-corrected chi connectivity index (χ3v) is 5.17. The van der Waals surface area contributed by atoms with Crippen molar-refractivity contribution in [2.45, 2.75) is 52.0 Å². The van der Waals surface area contributed by atoms with E-state index in [4.69, 9.17) is 0 Å². The standard InChI is InChI=1S/C17H31N3O2.ClH/c1-4-5-13(2)20-12-15(10-16(20)21)17(22)19-8-6-14(7-9-19)11-18-3;/h13-15,18H,4-12H2,1-3H3;1H. The Morgan fingerprint density at radius 1 is 1.35 bits per heavy atom. The van der Waals surface area contributed by atoms with Gasteiger partial charge in [-0.15, -0.1) is 12.4 Å². The largest absolute Gasteiger partial charge is 0.342 e. The van der Waals surface area contributed by atoms with Crippen molar-refractivity contribution >= 4 is 24.2 Å². The Morgan fingerprint density at radius 2 is 2.00 bits per heavy atom. The number of hydrogen-bond acceptors (Lipinski definition) is 3. The van der Waals surface area contributed by atoms with Crippen LogP contribution >= 0.6 is 12.4 Å². The zero-order chi connectivity index (χ0) is 16.1. The SMILES string of the molecule is CCCC(C)N1CC(C(=O)N2CCC(CNC)CC2)CC1=O.Cl. The zero-order valence-electron chi connectivity index (χ0n) is 14.7. The molecule has 1 N–H and O–H groups in total. The zero-order valence-corrected chi connectivity index (χ0v) is 15.5. The number of halogens is 1. The molecule has 2 unspecified atom stereocenters. The summed E-state index contributed by atoms with van der Waals surface area (Å²) in [6.07, 6.45) is 4.64. The predicted octanol–water partition coefficient (Wildman–Crippen LogP) is 1.90. The second-order valence-corrected chi connectivity index (χ2v) is 6.91. The Balaban J connectivity index is 0.00000264. The number of nitrogens with one attached hydrogen (secondary N) is 1. The summed E-state index contributed by atoms with van der Waals surface area (Å²) in [5, 5.41) is 3.22. The van der Waals surface area contributed by atoms with Gasteiger partial charge in [-0.3, -0.25) is 9.59 Å². The van der Waals surface area contributed by atoms with E-state index in [0.29, 0.717) is 18.9 Å². The van der Waals surface area contributed by atoms with Crippen LogP contribution in [0.1, 0.15) is 46.0 Å². The van der Waals surface area contributed by atoms with Crippen LogP contribution in [-0.2, 0) is 9.59 Å². The van der Waals surface area contributed by atoms with Crippen LogP contribution < -0.4 is 5.32 Å². The number of hydrogen-bond donors (Lipinski definition) is 1. The number of rotatable bonds is 6. The lowest BCUT2D eigenvalue weighted by Gasteiger charge is -2.33. The molecule has 0 aromatic rings. The van der Waals surface area contributed by atoms with E-state index in [-0.39, 0.29) is 36.2 Å². The first-order valence-electron chi connectivity index (χ1n) is 8.79. The predicted molar refractivity (Wildman–Crippen MR) is 94.7 cm³/mol. The van der Waals surface area contributed by atoms with Gasteiger partial charge in [0.25, 0.3) is 0 Å². The van der Waals surface area contributed by atoms with Crippen molar-refractivity contribution in [1.82, 2.24) is 15.1 Å². The monoisotopic (exact) mass is 345 g/mol. The highest BCUT2D eigenvalue weighted by Gasteiger charge is 2.38. The van der Waals surface area contributed by atoms with E-state index in [0.717, 1.165) is 45.3 Å². The van der Waals surface area contributed by atoms with Crippen molar-refractivity contribution in [2.24, 2.45) is 11.8 Å². The van der Waals surface area contributed by atoms with Gasteiger partial charge in [0.2, 0.25) is 11.8 Å². The van der Waals surface area contributed by atoms with E-state index in [9.17, 15) is 9.59 Å². The molecule has 0 aliphatic carbocycles. The number of likely N-dealkylation sites (tertiary alicyclic amines) is 2. The van der Waals surface area contributed by atoms with Gasteiger partial charge in [0.1, 0.15) is 0 Å². The molecule has 6 heteroatoms. The number of carbonyl (C=O) groups excluding carboxylic acids is 2. The second-order valence-electron chi connectivity index (χ2n) is 6.91. The van der Waals surface area contributed by atoms with Gasteiger partial charge in [-0.25, -0.2) is 0 Å². The topological polar surface area (TPSA) is 52.7 Å². The smallest absolute Gasteiger partial charge is 0.227 e. The Hall–Kier alpha value is -0.810. The van der Waals surface area contributed by atoms with Crippen LogP contribution in [0, 0.1) is 11.8 Å². The van der Waals surface area contributed by atoms with Crippen LogP contribution in [0.2, 0.25) is 0 Å². The number of carbonyl (C=O) groups is 2. The minimum absolute atomic E-state index is 0. The van der Waals surface area contributed by atoms with Crippen molar-refractivity contribution in [1.29, 1.82) is 0 Å². The fourth-order valence-electron chi connectivity index (χ4n) is 3.80. The number of amides is 2. The Morgan fingerprint density at radius 3 is 2.57 bits per heavy atom. The molecule has 2 saturated heterocycles. The fraction of sp³-hybridized carbons (Fsp3) is 0.882. The van der Waals surface area contributed by atoms with Crippen LogP contribution in [0.3, 0.4) is 0 Å². The van der Waals surface area contributed by atoms with Crippen LogP contribution in [0.25, 0.3) is 0 Å². The minimum atomic E-state index is -0.118. The summed E-state index contributed by atoms with van der Waals surface area (Å²) >= 11 is 0. The Labute approximate surface area is 146 Å². The maximum Gasteiger partial charge on any atom is 0.227 e. The highest BCUT2D eigenvalue weighted by molar-refractivity contribution is 5.89. The molecule has 2 rings (SSSR count). The number of piperidine rings is 1. The molecule has 2 aliphatic heterocycles. The molecule has 2 amide bonds. The van der Waals surface area contributed by atoms with Gasteiger partial charge in [0.15, 0.2) is 0 Å². The summed E-state index contributed by atoms with van der Waals surface area (Å²) in [7, 11) is 1.98. The molecule has 0 radical (unpaired) electrons. The van der Waals surface area contributed by atoms with Crippen molar-refractivity contribution in [2.75, 3.05) is 33.2 Å². The molecule has 2 atom stereocenters. The average molecular weight is 346 g/mol. The summed E-state index contributed by atoms with van der Waals surface area (Å²) in [5.41, 5.74) is 0. The molecule has 0 aromatic heterocycles. The van der Waals surface area contributed by atoms with Gasteiger partial charge in [-0.2, -0.15) is 0 Å². The van der Waals surface area contributed by atoms with E-state index in [1.165, 1.54) is 0 Å². The maximum absolute atomic E-state index is 12.7. The van der Waals surface area contributed by atoms with Crippen LogP contribution in [0.4, 0.5) is 0 Å². The highest BCUT2D eigenvalue weighted by Crippen LogP contribution is 2.26. The molecule has 5 nitrogen and oxygen atoms in total. The van der Waals surface area contributed by atoms with E-state index < -0.39 is 0 Å². The minimum Gasteiger partial charge on any atom is -0.342 e. The van der Waals surface area contributed by atoms with E-state index in [1.807, 2.05) is 16.8 Å². The first-order chi connectivity index (χ1) is 10.6. The molecule has 134 valence electrons. The first kappa shape index (κ1) is 20.2. The van der Waals surface area contributed by atoms with Gasteiger partial charge >= 0.3 is 0 Å². The molecule has 0 saturated carbocycles. The normalized spacial score (nSPS) is 23.8. The van der Waals surface area contributed by atoms with Crippen molar-refractivity contribution in [3.8, 4) is 0 Å². The lowest BCUT2D eigenvalue weighted by atomic mass is 9.95. The van der Waals surface area contributed by atoms with Crippen molar-refractivity contribution in [3.05, 3.63) is 0 Å². The quantitative estimate of drug-likeness (QED) is 0.800. The Bertz CT molecular complexity index is 397. The van der Waals surface area contributed by atoms with Gasteiger partial charge < -0.3 is 15.1 Å². The molecule has 2 aliphatic rings. The maximum atomic E-state index is 12.7.